The molecular weight excluding hydrogens is 204 g/mol. The maximum absolute atomic E-state index is 10.8. The Kier molecular flexibility index (Phi) is 4.99. The highest BCUT2D eigenvalue weighted by atomic mass is 16.4. The molecule has 0 saturated carbocycles. The maximum Gasteiger partial charge on any atom is 0.309 e. The highest BCUT2D eigenvalue weighted by molar-refractivity contribution is 5.70. The number of hydrogen-bond donors (Lipinski definition) is 2. The summed E-state index contributed by atoms with van der Waals surface area (Å²) < 4.78 is 0. The fourth-order valence-corrected chi connectivity index (χ4v) is 1.74. The van der Waals surface area contributed by atoms with E-state index in [1.54, 1.807) is 0 Å². The van der Waals surface area contributed by atoms with Gasteiger partial charge >= 0.3 is 5.97 Å². The quantitative estimate of drug-likeness (QED) is 0.774. The Hall–Kier alpha value is -1.35. The fourth-order valence-electron chi connectivity index (χ4n) is 1.74. The van der Waals surface area contributed by atoms with E-state index in [1.165, 1.54) is 12.5 Å². The van der Waals surface area contributed by atoms with Crippen LogP contribution in [0.1, 0.15) is 25.3 Å². The number of rotatable bonds is 6. The second-order valence-corrected chi connectivity index (χ2v) is 4.06. The van der Waals surface area contributed by atoms with E-state index >= 15 is 0 Å². The summed E-state index contributed by atoms with van der Waals surface area (Å²) in [7, 11) is 0. The van der Waals surface area contributed by atoms with Crippen molar-refractivity contribution in [1.29, 1.82) is 0 Å². The van der Waals surface area contributed by atoms with Crippen LogP contribution in [-0.2, 0) is 11.2 Å². The number of carbonyl (C=O) groups is 1. The molecule has 1 aromatic carbocycles. The largest absolute Gasteiger partial charge is 0.481 e. The zero-order chi connectivity index (χ0) is 12.0. The molecule has 1 rings (SSSR count). The zero-order valence-corrected chi connectivity index (χ0v) is 9.47. The molecule has 2 atom stereocenters. The molecule has 0 fully saturated rings. The second kappa shape index (κ2) is 6.28. The van der Waals surface area contributed by atoms with Crippen LogP contribution < -0.4 is 0 Å². The Morgan fingerprint density at radius 2 is 1.94 bits per heavy atom. The van der Waals surface area contributed by atoms with Gasteiger partial charge in [-0.1, -0.05) is 30.3 Å². The molecule has 0 unspecified atom stereocenters. The van der Waals surface area contributed by atoms with Crippen molar-refractivity contribution in [1.82, 2.24) is 0 Å². The van der Waals surface area contributed by atoms with Crippen molar-refractivity contribution in [2.75, 3.05) is 0 Å². The van der Waals surface area contributed by atoms with Crippen molar-refractivity contribution in [3.63, 3.8) is 0 Å². The molecule has 16 heavy (non-hydrogen) atoms. The van der Waals surface area contributed by atoms with Crippen LogP contribution in [0.25, 0.3) is 0 Å². The van der Waals surface area contributed by atoms with E-state index in [1.807, 2.05) is 30.3 Å². The summed E-state index contributed by atoms with van der Waals surface area (Å²) in [6, 6.07) is 9.95. The molecule has 3 heteroatoms. The van der Waals surface area contributed by atoms with Crippen LogP contribution in [0, 0.1) is 5.92 Å². The van der Waals surface area contributed by atoms with Gasteiger partial charge in [0.2, 0.25) is 0 Å². The van der Waals surface area contributed by atoms with E-state index in [-0.39, 0.29) is 0 Å². The molecule has 0 radical (unpaired) electrons. The van der Waals surface area contributed by atoms with Crippen LogP contribution in [0.3, 0.4) is 0 Å². The van der Waals surface area contributed by atoms with Gasteiger partial charge in [0.05, 0.1) is 12.0 Å². The number of hydrogen-bond acceptors (Lipinski definition) is 2. The number of benzene rings is 1. The van der Waals surface area contributed by atoms with Gasteiger partial charge < -0.3 is 10.2 Å². The van der Waals surface area contributed by atoms with Crippen molar-refractivity contribution in [2.24, 2.45) is 5.92 Å². The third kappa shape index (κ3) is 4.03. The molecule has 0 spiro atoms. The number of aliphatic hydroxyl groups is 1. The minimum atomic E-state index is -0.914. The maximum atomic E-state index is 10.8. The number of carboxylic acids is 1. The van der Waals surface area contributed by atoms with E-state index in [2.05, 4.69) is 0 Å². The highest BCUT2D eigenvalue weighted by Gasteiger charge is 2.22. The standard InChI is InChI=1S/C13H18O3/c1-10(14)12(13(15)16)9-5-8-11-6-3-2-4-7-11/h2-4,6-7,10,12,14H,5,8-9H2,1H3,(H,15,16)/t10-,12+/m1/s1. The Bertz CT molecular complexity index is 319. The summed E-state index contributed by atoms with van der Waals surface area (Å²) in [4.78, 5) is 10.8. The predicted molar refractivity (Wildman–Crippen MR) is 62.2 cm³/mol. The van der Waals surface area contributed by atoms with E-state index in [4.69, 9.17) is 5.11 Å². The lowest BCUT2D eigenvalue weighted by Gasteiger charge is -2.14. The molecular formula is C13H18O3. The van der Waals surface area contributed by atoms with Gasteiger partial charge in [-0.25, -0.2) is 0 Å². The molecule has 3 nitrogen and oxygen atoms in total. The molecule has 0 aliphatic rings. The first-order valence-electron chi connectivity index (χ1n) is 5.56. The average molecular weight is 222 g/mol. The summed E-state index contributed by atoms with van der Waals surface area (Å²) >= 11 is 0. The molecule has 0 amide bonds. The molecule has 0 bridgehead atoms. The van der Waals surface area contributed by atoms with E-state index in [0.717, 1.165) is 12.8 Å². The topological polar surface area (TPSA) is 57.5 Å². The number of aryl methyl sites for hydroxylation is 1. The summed E-state index contributed by atoms with van der Waals surface area (Å²) in [6.45, 7) is 1.53. The van der Waals surface area contributed by atoms with Crippen LogP contribution in [-0.4, -0.2) is 22.3 Å². The smallest absolute Gasteiger partial charge is 0.309 e. The third-order valence-electron chi connectivity index (χ3n) is 2.72. The number of carboxylic acid groups (broad SMARTS) is 1. The summed E-state index contributed by atoms with van der Waals surface area (Å²) in [5.41, 5.74) is 1.21. The van der Waals surface area contributed by atoms with Gasteiger partial charge in [0, 0.05) is 0 Å². The number of aliphatic carboxylic acids is 1. The van der Waals surface area contributed by atoms with Crippen LogP contribution in [0.15, 0.2) is 30.3 Å². The van der Waals surface area contributed by atoms with Crippen LogP contribution in [0.2, 0.25) is 0 Å². The van der Waals surface area contributed by atoms with Gasteiger partial charge in [0.1, 0.15) is 0 Å². The van der Waals surface area contributed by atoms with Gasteiger partial charge in [-0.3, -0.25) is 4.79 Å². The van der Waals surface area contributed by atoms with Gasteiger partial charge in [0.15, 0.2) is 0 Å². The Morgan fingerprint density at radius 3 is 2.44 bits per heavy atom. The van der Waals surface area contributed by atoms with E-state index in [9.17, 15) is 9.90 Å². The van der Waals surface area contributed by atoms with E-state index in [0.29, 0.717) is 6.42 Å². The van der Waals surface area contributed by atoms with Crippen molar-refractivity contribution in [3.05, 3.63) is 35.9 Å². The second-order valence-electron chi connectivity index (χ2n) is 4.06. The first kappa shape index (κ1) is 12.7. The predicted octanol–water partition coefficient (Wildman–Crippen LogP) is 2.09. The SMILES string of the molecule is C[C@@H](O)[C@H](CCCc1ccccc1)C(=O)O. The van der Waals surface area contributed by atoms with E-state index < -0.39 is 18.0 Å². The zero-order valence-electron chi connectivity index (χ0n) is 9.47. The van der Waals surface area contributed by atoms with Gasteiger partial charge in [-0.05, 0) is 31.7 Å². The summed E-state index contributed by atoms with van der Waals surface area (Å²) in [5.74, 6) is -1.56. The first-order valence-corrected chi connectivity index (χ1v) is 5.56. The van der Waals surface area contributed by atoms with Gasteiger partial charge in [-0.15, -0.1) is 0 Å². The van der Waals surface area contributed by atoms with Crippen LogP contribution in [0.4, 0.5) is 0 Å². The normalized spacial score (nSPS) is 14.4. The molecule has 0 saturated heterocycles. The van der Waals surface area contributed by atoms with Gasteiger partial charge in [0.25, 0.3) is 0 Å². The molecule has 0 aliphatic carbocycles. The molecule has 0 aromatic heterocycles. The van der Waals surface area contributed by atoms with Crippen molar-refractivity contribution < 1.29 is 15.0 Å². The lowest BCUT2D eigenvalue weighted by Crippen LogP contribution is -2.25. The molecule has 88 valence electrons. The fraction of sp³-hybridized carbons (Fsp3) is 0.462. The monoisotopic (exact) mass is 222 g/mol. The third-order valence-corrected chi connectivity index (χ3v) is 2.72. The molecule has 0 aliphatic heterocycles. The van der Waals surface area contributed by atoms with Crippen LogP contribution >= 0.6 is 0 Å². The Labute approximate surface area is 95.7 Å². The Balaban J connectivity index is 2.37. The summed E-state index contributed by atoms with van der Waals surface area (Å²) in [6.07, 6.45) is 1.37. The Morgan fingerprint density at radius 1 is 1.31 bits per heavy atom. The minimum absolute atomic E-state index is 0.516. The highest BCUT2D eigenvalue weighted by Crippen LogP contribution is 2.14. The van der Waals surface area contributed by atoms with Crippen molar-refractivity contribution in [2.45, 2.75) is 32.3 Å². The minimum Gasteiger partial charge on any atom is -0.481 e. The lowest BCUT2D eigenvalue weighted by atomic mass is 9.95. The van der Waals surface area contributed by atoms with Crippen LogP contribution in [0.5, 0.6) is 0 Å². The summed E-state index contributed by atoms with van der Waals surface area (Å²) in [5, 5.41) is 18.2. The van der Waals surface area contributed by atoms with Gasteiger partial charge in [-0.2, -0.15) is 0 Å². The van der Waals surface area contributed by atoms with Crippen molar-refractivity contribution >= 4 is 5.97 Å². The molecule has 1 aromatic rings. The average Bonchev–Trinajstić information content (AvgIpc) is 2.24. The molecule has 2 N–H and O–H groups in total. The molecule has 0 heterocycles. The lowest BCUT2D eigenvalue weighted by molar-refractivity contribution is -0.145. The number of aliphatic hydroxyl groups excluding tert-OH is 1. The first-order chi connectivity index (χ1) is 7.61. The van der Waals surface area contributed by atoms with Crippen molar-refractivity contribution in [3.8, 4) is 0 Å².